The topological polar surface area (TPSA) is 169 Å². The van der Waals surface area contributed by atoms with Crippen LogP contribution in [0.3, 0.4) is 0 Å². The molecule has 0 aliphatic heterocycles. The number of aliphatic hydroxyl groups is 2. The summed E-state index contributed by atoms with van der Waals surface area (Å²) in [4.78, 5) is 0. The molecule has 0 fully saturated rings. The van der Waals surface area contributed by atoms with Crippen molar-refractivity contribution in [3.05, 3.63) is 24.3 Å². The number of rotatable bonds is 14. The Balaban J connectivity index is 1.98. The quantitative estimate of drug-likeness (QED) is 0.0940. The molecule has 0 saturated carbocycles. The molecule has 186 valence electrons. The third-order valence-electron chi connectivity index (χ3n) is 5.58. The molecule has 0 spiro atoms. The molecule has 34 heavy (non-hydrogen) atoms. The van der Waals surface area contributed by atoms with Crippen LogP contribution in [0.1, 0.15) is 12.8 Å². The van der Waals surface area contributed by atoms with Crippen LogP contribution in [0.5, 0.6) is 23.0 Å². The minimum atomic E-state index is -0.255. The van der Waals surface area contributed by atoms with Crippen molar-refractivity contribution in [1.29, 1.82) is 0 Å². The monoisotopic (exact) mass is 474 g/mol. The second-order valence-electron chi connectivity index (χ2n) is 7.97. The van der Waals surface area contributed by atoms with E-state index in [-0.39, 0.29) is 47.0 Å². The standard InChI is InChI=1S/C24H34N4O6/c29-13-11-25-7-1-9-27-15-3-4-16(28-10-2-8-26-12-14-30)20-19(15)23(33)21-17(31)5-6-18(32)22(21)24(20)34/h3-6,25-34H,1-2,7-14H2. The minimum absolute atomic E-state index is 0.0250. The van der Waals surface area contributed by atoms with Crippen molar-refractivity contribution < 1.29 is 30.6 Å². The number of phenolic OH excluding ortho intramolecular Hbond substituents is 4. The first-order valence-electron chi connectivity index (χ1n) is 11.5. The Morgan fingerprint density at radius 1 is 0.500 bits per heavy atom. The second kappa shape index (κ2) is 12.3. The number of hydrogen-bond acceptors (Lipinski definition) is 10. The first-order chi connectivity index (χ1) is 16.5. The molecule has 0 saturated heterocycles. The van der Waals surface area contributed by atoms with Crippen molar-refractivity contribution in [3.8, 4) is 23.0 Å². The van der Waals surface area contributed by atoms with Crippen LogP contribution in [0, 0.1) is 0 Å². The summed E-state index contributed by atoms with van der Waals surface area (Å²) in [5, 5.41) is 74.2. The van der Waals surface area contributed by atoms with Gasteiger partial charge in [-0.25, -0.2) is 0 Å². The molecule has 0 amide bonds. The molecule has 10 nitrogen and oxygen atoms in total. The van der Waals surface area contributed by atoms with Crippen LogP contribution in [-0.2, 0) is 0 Å². The Hall–Kier alpha value is -3.18. The van der Waals surface area contributed by atoms with Gasteiger partial charge in [0.25, 0.3) is 0 Å². The summed E-state index contributed by atoms with van der Waals surface area (Å²) in [6, 6.07) is 6.12. The van der Waals surface area contributed by atoms with Crippen molar-refractivity contribution >= 4 is 32.9 Å². The van der Waals surface area contributed by atoms with Gasteiger partial charge in [-0.3, -0.25) is 0 Å². The van der Waals surface area contributed by atoms with Crippen LogP contribution >= 0.6 is 0 Å². The largest absolute Gasteiger partial charge is 0.507 e. The van der Waals surface area contributed by atoms with Gasteiger partial charge in [0, 0.05) is 37.6 Å². The molecule has 10 N–H and O–H groups in total. The molecule has 0 unspecified atom stereocenters. The SMILES string of the molecule is OCCNCCCNc1ccc(NCCCNCCO)c2c(O)c3c(O)ccc(O)c3c(O)c12. The summed E-state index contributed by atoms with van der Waals surface area (Å²) in [7, 11) is 0. The summed E-state index contributed by atoms with van der Waals surface area (Å²) in [6.07, 6.45) is 1.52. The molecule has 0 atom stereocenters. The third-order valence-corrected chi connectivity index (χ3v) is 5.58. The fraction of sp³-hybridized carbons (Fsp3) is 0.417. The summed E-state index contributed by atoms with van der Waals surface area (Å²) < 4.78 is 0. The van der Waals surface area contributed by atoms with E-state index >= 15 is 0 Å². The van der Waals surface area contributed by atoms with Crippen molar-refractivity contribution in [2.24, 2.45) is 0 Å². The number of aromatic hydroxyl groups is 4. The molecule has 0 heterocycles. The van der Waals surface area contributed by atoms with E-state index in [2.05, 4.69) is 21.3 Å². The molecule has 3 aromatic carbocycles. The van der Waals surface area contributed by atoms with Crippen molar-refractivity contribution in [2.45, 2.75) is 12.8 Å². The van der Waals surface area contributed by atoms with Gasteiger partial charge in [0.1, 0.15) is 23.0 Å². The summed E-state index contributed by atoms with van der Waals surface area (Å²) in [5.74, 6) is -0.999. The van der Waals surface area contributed by atoms with E-state index in [9.17, 15) is 20.4 Å². The van der Waals surface area contributed by atoms with Gasteiger partial charge in [0.05, 0.1) is 34.8 Å². The lowest BCUT2D eigenvalue weighted by molar-refractivity contribution is 0.292. The van der Waals surface area contributed by atoms with Crippen LogP contribution in [0.2, 0.25) is 0 Å². The van der Waals surface area contributed by atoms with Gasteiger partial charge >= 0.3 is 0 Å². The van der Waals surface area contributed by atoms with E-state index < -0.39 is 0 Å². The maximum atomic E-state index is 11.2. The van der Waals surface area contributed by atoms with Gasteiger partial charge in [0.2, 0.25) is 0 Å². The van der Waals surface area contributed by atoms with E-state index in [0.717, 1.165) is 12.8 Å². The maximum absolute atomic E-state index is 11.2. The fourth-order valence-corrected chi connectivity index (χ4v) is 3.98. The fourth-order valence-electron chi connectivity index (χ4n) is 3.98. The lowest BCUT2D eigenvalue weighted by atomic mass is 9.96. The lowest BCUT2D eigenvalue weighted by Crippen LogP contribution is -2.21. The number of anilines is 2. The zero-order chi connectivity index (χ0) is 24.5. The first-order valence-corrected chi connectivity index (χ1v) is 11.5. The Kier molecular flexibility index (Phi) is 9.23. The van der Waals surface area contributed by atoms with Crippen molar-refractivity contribution in [3.63, 3.8) is 0 Å². The number of nitrogens with one attached hydrogen (secondary N) is 4. The number of benzene rings is 3. The van der Waals surface area contributed by atoms with E-state index in [4.69, 9.17) is 10.2 Å². The summed E-state index contributed by atoms with van der Waals surface area (Å²) in [6.45, 7) is 3.71. The number of aliphatic hydroxyl groups excluding tert-OH is 2. The summed E-state index contributed by atoms with van der Waals surface area (Å²) in [5.41, 5.74) is 1.15. The summed E-state index contributed by atoms with van der Waals surface area (Å²) >= 11 is 0. The molecule has 0 bridgehead atoms. The zero-order valence-electron chi connectivity index (χ0n) is 19.1. The maximum Gasteiger partial charge on any atom is 0.137 e. The lowest BCUT2D eigenvalue weighted by Gasteiger charge is -2.19. The van der Waals surface area contributed by atoms with Gasteiger partial charge in [-0.2, -0.15) is 0 Å². The Morgan fingerprint density at radius 3 is 1.29 bits per heavy atom. The predicted octanol–water partition coefficient (Wildman–Crippen LogP) is 1.58. The van der Waals surface area contributed by atoms with Gasteiger partial charge < -0.3 is 51.9 Å². The highest BCUT2D eigenvalue weighted by atomic mass is 16.3. The smallest absolute Gasteiger partial charge is 0.137 e. The van der Waals surface area contributed by atoms with Gasteiger partial charge in [-0.1, -0.05) is 0 Å². The van der Waals surface area contributed by atoms with E-state index in [1.807, 2.05) is 0 Å². The second-order valence-corrected chi connectivity index (χ2v) is 7.97. The average molecular weight is 475 g/mol. The number of fused-ring (bicyclic) bond motifs is 2. The van der Waals surface area contributed by atoms with E-state index in [0.29, 0.717) is 61.4 Å². The number of hydrogen-bond donors (Lipinski definition) is 10. The van der Waals surface area contributed by atoms with Gasteiger partial charge in [-0.05, 0) is 50.2 Å². The third kappa shape index (κ3) is 5.65. The molecular weight excluding hydrogens is 440 g/mol. The average Bonchev–Trinajstić information content (AvgIpc) is 2.83. The highest BCUT2D eigenvalue weighted by molar-refractivity contribution is 6.21. The van der Waals surface area contributed by atoms with Gasteiger partial charge in [-0.15, -0.1) is 0 Å². The highest BCUT2D eigenvalue weighted by Crippen LogP contribution is 2.52. The Morgan fingerprint density at radius 2 is 0.912 bits per heavy atom. The normalized spacial score (nSPS) is 11.4. The van der Waals surface area contributed by atoms with E-state index in [1.54, 1.807) is 12.1 Å². The van der Waals surface area contributed by atoms with Crippen molar-refractivity contribution in [2.75, 3.05) is 63.1 Å². The molecule has 3 rings (SSSR count). The van der Waals surface area contributed by atoms with Crippen LogP contribution < -0.4 is 21.3 Å². The van der Waals surface area contributed by atoms with Crippen LogP contribution in [-0.4, -0.2) is 83.1 Å². The molecule has 0 aromatic heterocycles. The molecular formula is C24H34N4O6. The van der Waals surface area contributed by atoms with Gasteiger partial charge in [0.15, 0.2) is 0 Å². The first kappa shape index (κ1) is 25.4. The minimum Gasteiger partial charge on any atom is -0.507 e. The van der Waals surface area contributed by atoms with Crippen LogP contribution in [0.15, 0.2) is 24.3 Å². The predicted molar refractivity (Wildman–Crippen MR) is 134 cm³/mol. The van der Waals surface area contributed by atoms with Crippen molar-refractivity contribution in [1.82, 2.24) is 10.6 Å². The molecule has 3 aromatic rings. The van der Waals surface area contributed by atoms with Crippen LogP contribution in [0.4, 0.5) is 11.4 Å². The Bertz CT molecular complexity index is 1020. The molecule has 0 aliphatic carbocycles. The van der Waals surface area contributed by atoms with Crippen LogP contribution in [0.25, 0.3) is 21.5 Å². The number of phenols is 4. The molecule has 10 heteroatoms. The molecule has 0 radical (unpaired) electrons. The highest BCUT2D eigenvalue weighted by Gasteiger charge is 2.23. The Labute approximate surface area is 197 Å². The zero-order valence-corrected chi connectivity index (χ0v) is 19.1. The van der Waals surface area contributed by atoms with E-state index in [1.165, 1.54) is 12.1 Å². The molecule has 0 aliphatic rings.